The van der Waals surface area contributed by atoms with Crippen LogP contribution in [0, 0.1) is 5.92 Å². The lowest BCUT2D eigenvalue weighted by Crippen LogP contribution is -2.36. The lowest BCUT2D eigenvalue weighted by molar-refractivity contribution is -0.182. The lowest BCUT2D eigenvalue weighted by Gasteiger charge is -2.34. The Hall–Kier alpha value is -0.670. The van der Waals surface area contributed by atoms with Gasteiger partial charge in [-0.25, -0.2) is 0 Å². The van der Waals surface area contributed by atoms with E-state index in [-0.39, 0.29) is 17.5 Å². The first kappa shape index (κ1) is 9.87. The molecule has 1 aliphatic carbocycles. The third-order valence-corrected chi connectivity index (χ3v) is 3.16. The lowest BCUT2D eigenvalue weighted by atomic mass is 9.82. The smallest absolute Gasteiger partial charge is 0.168 e. The number of hydrogen-bond acceptors (Lipinski definition) is 3. The number of allylic oxidation sites excluding steroid dienone is 1. The van der Waals surface area contributed by atoms with Gasteiger partial charge in [-0.3, -0.25) is 4.79 Å². The SMILES string of the molecule is C=CC(=O)C1CCC2(CC1)OCCO2. The minimum absolute atomic E-state index is 0.144. The molecule has 0 bridgehead atoms. The van der Waals surface area contributed by atoms with Gasteiger partial charge in [0.05, 0.1) is 13.2 Å². The summed E-state index contributed by atoms with van der Waals surface area (Å²) in [5.74, 6) is -0.0402. The van der Waals surface area contributed by atoms with E-state index in [4.69, 9.17) is 9.47 Å². The van der Waals surface area contributed by atoms with Gasteiger partial charge in [0.1, 0.15) is 0 Å². The van der Waals surface area contributed by atoms with Crippen LogP contribution in [0.3, 0.4) is 0 Å². The molecular weight excluding hydrogens is 180 g/mol. The number of ether oxygens (including phenoxy) is 2. The molecule has 14 heavy (non-hydrogen) atoms. The molecule has 78 valence electrons. The molecule has 0 N–H and O–H groups in total. The molecule has 3 nitrogen and oxygen atoms in total. The van der Waals surface area contributed by atoms with E-state index in [9.17, 15) is 4.79 Å². The molecule has 0 aromatic heterocycles. The summed E-state index contributed by atoms with van der Waals surface area (Å²) in [6.45, 7) is 4.90. The summed E-state index contributed by atoms with van der Waals surface area (Å²) in [6.07, 6.45) is 4.85. The van der Waals surface area contributed by atoms with Gasteiger partial charge in [-0.05, 0) is 18.9 Å². The fourth-order valence-corrected chi connectivity index (χ4v) is 2.29. The highest BCUT2D eigenvalue weighted by atomic mass is 16.7. The number of hydrogen-bond donors (Lipinski definition) is 0. The fourth-order valence-electron chi connectivity index (χ4n) is 2.29. The van der Waals surface area contributed by atoms with Gasteiger partial charge < -0.3 is 9.47 Å². The van der Waals surface area contributed by atoms with Crippen LogP contribution in [0.4, 0.5) is 0 Å². The molecule has 2 aliphatic rings. The molecule has 1 aliphatic heterocycles. The van der Waals surface area contributed by atoms with E-state index in [1.165, 1.54) is 6.08 Å². The van der Waals surface area contributed by atoms with E-state index < -0.39 is 0 Å². The molecule has 0 atom stereocenters. The Morgan fingerprint density at radius 1 is 1.29 bits per heavy atom. The zero-order valence-electron chi connectivity index (χ0n) is 8.33. The normalized spacial score (nSPS) is 26.6. The van der Waals surface area contributed by atoms with Crippen molar-refractivity contribution in [2.24, 2.45) is 5.92 Å². The number of carbonyl (C=O) groups excluding carboxylic acids is 1. The number of ketones is 1. The Morgan fingerprint density at radius 3 is 2.36 bits per heavy atom. The molecule has 0 aromatic rings. The van der Waals surface area contributed by atoms with Gasteiger partial charge in [-0.2, -0.15) is 0 Å². The Balaban J connectivity index is 1.91. The Morgan fingerprint density at radius 2 is 1.86 bits per heavy atom. The first-order chi connectivity index (χ1) is 6.76. The third-order valence-electron chi connectivity index (χ3n) is 3.16. The first-order valence-corrected chi connectivity index (χ1v) is 5.20. The molecule has 2 fully saturated rings. The summed E-state index contributed by atoms with van der Waals surface area (Å²) in [7, 11) is 0. The Kier molecular flexibility index (Phi) is 2.70. The van der Waals surface area contributed by atoms with Crippen LogP contribution < -0.4 is 0 Å². The zero-order valence-corrected chi connectivity index (χ0v) is 8.33. The maximum Gasteiger partial charge on any atom is 0.168 e. The first-order valence-electron chi connectivity index (χ1n) is 5.20. The molecule has 2 rings (SSSR count). The Bertz CT molecular complexity index is 231. The van der Waals surface area contributed by atoms with Gasteiger partial charge in [0.25, 0.3) is 0 Å². The zero-order chi connectivity index (χ0) is 10.0. The van der Waals surface area contributed by atoms with Crippen molar-refractivity contribution in [3.63, 3.8) is 0 Å². The predicted molar refractivity (Wildman–Crippen MR) is 51.8 cm³/mol. The molecular formula is C11H16O3. The van der Waals surface area contributed by atoms with Gasteiger partial charge in [0, 0.05) is 18.8 Å². The topological polar surface area (TPSA) is 35.5 Å². The van der Waals surface area contributed by atoms with Crippen molar-refractivity contribution in [2.75, 3.05) is 13.2 Å². The van der Waals surface area contributed by atoms with Crippen molar-refractivity contribution in [2.45, 2.75) is 31.5 Å². The summed E-state index contributed by atoms with van der Waals surface area (Å²) < 4.78 is 11.2. The van der Waals surface area contributed by atoms with Crippen LogP contribution in [0.1, 0.15) is 25.7 Å². The van der Waals surface area contributed by atoms with Crippen LogP contribution in [0.15, 0.2) is 12.7 Å². The average molecular weight is 196 g/mol. The largest absolute Gasteiger partial charge is 0.348 e. The van der Waals surface area contributed by atoms with Crippen molar-refractivity contribution in [3.05, 3.63) is 12.7 Å². The highest BCUT2D eigenvalue weighted by Crippen LogP contribution is 2.38. The van der Waals surface area contributed by atoms with Crippen molar-refractivity contribution in [3.8, 4) is 0 Å². The second-order valence-corrected chi connectivity index (χ2v) is 3.99. The Labute approximate surface area is 84.1 Å². The molecule has 3 heteroatoms. The molecule has 0 amide bonds. The number of rotatable bonds is 2. The van der Waals surface area contributed by atoms with Crippen molar-refractivity contribution < 1.29 is 14.3 Å². The summed E-state index contributed by atoms with van der Waals surface area (Å²) in [4.78, 5) is 11.4. The average Bonchev–Trinajstić information content (AvgIpc) is 2.67. The van der Waals surface area contributed by atoms with E-state index in [0.29, 0.717) is 13.2 Å². The van der Waals surface area contributed by atoms with E-state index in [0.717, 1.165) is 25.7 Å². The monoisotopic (exact) mass is 196 g/mol. The quantitative estimate of drug-likeness (QED) is 0.630. The minimum atomic E-state index is -0.349. The standard InChI is InChI=1S/C11H16O3/c1-2-10(12)9-3-5-11(6-4-9)13-7-8-14-11/h2,9H,1,3-8H2. The third kappa shape index (κ3) is 1.74. The molecule has 0 radical (unpaired) electrons. The van der Waals surface area contributed by atoms with Gasteiger partial charge in [0.15, 0.2) is 11.6 Å². The van der Waals surface area contributed by atoms with E-state index >= 15 is 0 Å². The van der Waals surface area contributed by atoms with Crippen molar-refractivity contribution >= 4 is 5.78 Å². The molecule has 1 heterocycles. The van der Waals surface area contributed by atoms with Crippen LogP contribution in [-0.2, 0) is 14.3 Å². The fraction of sp³-hybridized carbons (Fsp3) is 0.727. The second-order valence-electron chi connectivity index (χ2n) is 3.99. The van der Waals surface area contributed by atoms with E-state index in [1.54, 1.807) is 0 Å². The van der Waals surface area contributed by atoms with Crippen LogP contribution in [0.2, 0.25) is 0 Å². The van der Waals surface area contributed by atoms with Gasteiger partial charge in [-0.15, -0.1) is 0 Å². The molecule has 1 saturated carbocycles. The van der Waals surface area contributed by atoms with Gasteiger partial charge in [-0.1, -0.05) is 6.58 Å². The predicted octanol–water partition coefficient (Wildman–Crippen LogP) is 1.67. The summed E-state index contributed by atoms with van der Waals surface area (Å²) >= 11 is 0. The van der Waals surface area contributed by atoms with Crippen LogP contribution in [-0.4, -0.2) is 24.8 Å². The molecule has 0 aromatic carbocycles. The number of carbonyl (C=O) groups is 1. The van der Waals surface area contributed by atoms with Crippen LogP contribution in [0.25, 0.3) is 0 Å². The maximum atomic E-state index is 11.4. The van der Waals surface area contributed by atoms with E-state index in [1.807, 2.05) is 0 Å². The maximum absolute atomic E-state index is 11.4. The van der Waals surface area contributed by atoms with Gasteiger partial charge >= 0.3 is 0 Å². The van der Waals surface area contributed by atoms with Gasteiger partial charge in [0.2, 0.25) is 0 Å². The second kappa shape index (κ2) is 3.83. The van der Waals surface area contributed by atoms with Crippen LogP contribution >= 0.6 is 0 Å². The molecule has 1 spiro atoms. The van der Waals surface area contributed by atoms with Crippen molar-refractivity contribution in [1.29, 1.82) is 0 Å². The van der Waals surface area contributed by atoms with Crippen molar-refractivity contribution in [1.82, 2.24) is 0 Å². The highest BCUT2D eigenvalue weighted by molar-refractivity contribution is 5.91. The van der Waals surface area contributed by atoms with Crippen LogP contribution in [0.5, 0.6) is 0 Å². The summed E-state index contributed by atoms with van der Waals surface area (Å²) in [5.41, 5.74) is 0. The molecule has 0 unspecified atom stereocenters. The highest BCUT2D eigenvalue weighted by Gasteiger charge is 2.41. The summed E-state index contributed by atoms with van der Waals surface area (Å²) in [5, 5.41) is 0. The minimum Gasteiger partial charge on any atom is -0.348 e. The molecule has 1 saturated heterocycles. The summed E-state index contributed by atoms with van der Waals surface area (Å²) in [6, 6.07) is 0. The van der Waals surface area contributed by atoms with E-state index in [2.05, 4.69) is 6.58 Å².